The standard InChI is InChI=1S/C28H36N2O5/c1-6-11-18(16-24(31)32)29-25(33)27(2,3)28(4,5)30-26(34)35-17-23-21-14-9-7-12-19(21)20-13-8-10-15-22(20)23/h7-10,12-15,18,23H,6,11,16-17H2,1-5H3,(H,29,33)(H,30,34)(H,31,32)/t18-/m0/s1. The molecule has 3 N–H and O–H groups in total. The Hall–Kier alpha value is -3.35. The quantitative estimate of drug-likeness (QED) is 0.439. The fourth-order valence-electron chi connectivity index (χ4n) is 4.48. The Balaban J connectivity index is 1.66. The van der Waals surface area contributed by atoms with Gasteiger partial charge in [-0.3, -0.25) is 9.59 Å². The van der Waals surface area contributed by atoms with Gasteiger partial charge >= 0.3 is 12.1 Å². The van der Waals surface area contributed by atoms with Crippen LogP contribution in [0, 0.1) is 5.41 Å². The maximum Gasteiger partial charge on any atom is 0.407 e. The molecule has 188 valence electrons. The molecule has 1 aliphatic carbocycles. The Morgan fingerprint density at radius 1 is 0.971 bits per heavy atom. The number of hydrogen-bond acceptors (Lipinski definition) is 4. The maximum atomic E-state index is 13.1. The number of carboxylic acids is 1. The highest BCUT2D eigenvalue weighted by Crippen LogP contribution is 2.44. The Morgan fingerprint density at radius 3 is 2.03 bits per heavy atom. The maximum absolute atomic E-state index is 13.1. The molecule has 0 saturated carbocycles. The number of nitrogens with one attached hydrogen (secondary N) is 2. The van der Waals surface area contributed by atoms with Crippen LogP contribution in [0.1, 0.15) is 70.9 Å². The minimum absolute atomic E-state index is 0.0570. The molecular formula is C28H36N2O5. The van der Waals surface area contributed by atoms with Gasteiger partial charge in [0.05, 0.1) is 17.4 Å². The topological polar surface area (TPSA) is 105 Å². The van der Waals surface area contributed by atoms with E-state index in [1.165, 1.54) is 0 Å². The number of rotatable bonds is 10. The molecule has 0 bridgehead atoms. The van der Waals surface area contributed by atoms with Gasteiger partial charge in [0.25, 0.3) is 0 Å². The largest absolute Gasteiger partial charge is 0.481 e. The van der Waals surface area contributed by atoms with Gasteiger partial charge in [-0.25, -0.2) is 4.79 Å². The molecule has 1 aliphatic rings. The first-order valence-electron chi connectivity index (χ1n) is 12.1. The van der Waals surface area contributed by atoms with Gasteiger partial charge < -0.3 is 20.5 Å². The van der Waals surface area contributed by atoms with Crippen LogP contribution >= 0.6 is 0 Å². The van der Waals surface area contributed by atoms with Gasteiger partial charge in [-0.15, -0.1) is 0 Å². The summed E-state index contributed by atoms with van der Waals surface area (Å²) in [7, 11) is 0. The van der Waals surface area contributed by atoms with E-state index in [1.54, 1.807) is 27.7 Å². The average molecular weight is 481 g/mol. The van der Waals surface area contributed by atoms with E-state index in [-0.39, 0.29) is 24.9 Å². The van der Waals surface area contributed by atoms with Gasteiger partial charge in [0, 0.05) is 12.0 Å². The lowest BCUT2D eigenvalue weighted by Crippen LogP contribution is -2.60. The van der Waals surface area contributed by atoms with Crippen molar-refractivity contribution in [3.63, 3.8) is 0 Å². The molecule has 2 amide bonds. The third-order valence-electron chi connectivity index (χ3n) is 7.28. The lowest BCUT2D eigenvalue weighted by atomic mass is 9.73. The number of ether oxygens (including phenoxy) is 1. The average Bonchev–Trinajstić information content (AvgIpc) is 3.10. The van der Waals surface area contributed by atoms with Crippen LogP contribution in [-0.4, -0.2) is 41.3 Å². The number of carbonyl (C=O) groups is 3. The summed E-state index contributed by atoms with van der Waals surface area (Å²) in [6.07, 6.45) is 0.568. The molecule has 0 aromatic heterocycles. The van der Waals surface area contributed by atoms with Gasteiger partial charge in [0.1, 0.15) is 6.61 Å². The van der Waals surface area contributed by atoms with Gasteiger partial charge in [0.2, 0.25) is 5.91 Å². The zero-order valence-corrected chi connectivity index (χ0v) is 21.2. The van der Waals surface area contributed by atoms with Crippen LogP contribution < -0.4 is 10.6 Å². The molecule has 2 aromatic rings. The Labute approximate surface area is 207 Å². The van der Waals surface area contributed by atoms with Crippen LogP contribution in [0.15, 0.2) is 48.5 Å². The van der Waals surface area contributed by atoms with Crippen molar-refractivity contribution < 1.29 is 24.2 Å². The summed E-state index contributed by atoms with van der Waals surface area (Å²) in [6, 6.07) is 15.8. The first-order valence-corrected chi connectivity index (χ1v) is 12.1. The summed E-state index contributed by atoms with van der Waals surface area (Å²) in [6.45, 7) is 9.11. The van der Waals surface area contributed by atoms with Gasteiger partial charge in [-0.1, -0.05) is 61.9 Å². The molecule has 0 saturated heterocycles. The number of carboxylic acid groups (broad SMARTS) is 1. The predicted octanol–water partition coefficient (Wildman–Crippen LogP) is 5.09. The van der Waals surface area contributed by atoms with Crippen LogP contribution in [0.5, 0.6) is 0 Å². The molecule has 0 fully saturated rings. The van der Waals surface area contributed by atoms with Crippen molar-refractivity contribution in [1.82, 2.24) is 10.6 Å². The smallest absolute Gasteiger partial charge is 0.407 e. The zero-order chi connectivity index (χ0) is 25.8. The third-order valence-corrected chi connectivity index (χ3v) is 7.28. The number of amides is 2. The minimum atomic E-state index is -1.02. The van der Waals surface area contributed by atoms with Crippen molar-refractivity contribution in [1.29, 1.82) is 0 Å². The van der Waals surface area contributed by atoms with Gasteiger partial charge in [-0.2, -0.15) is 0 Å². The van der Waals surface area contributed by atoms with E-state index in [1.807, 2.05) is 31.2 Å². The first-order chi connectivity index (χ1) is 16.5. The highest BCUT2D eigenvalue weighted by atomic mass is 16.5. The van der Waals surface area contributed by atoms with Crippen molar-refractivity contribution in [2.45, 2.75) is 71.4 Å². The number of benzene rings is 2. The van der Waals surface area contributed by atoms with Crippen LogP contribution in [0.4, 0.5) is 4.79 Å². The second kappa shape index (κ2) is 10.5. The van der Waals surface area contributed by atoms with Crippen molar-refractivity contribution >= 4 is 18.0 Å². The van der Waals surface area contributed by atoms with Crippen molar-refractivity contribution in [3.8, 4) is 11.1 Å². The van der Waals surface area contributed by atoms with Crippen molar-refractivity contribution in [2.24, 2.45) is 5.41 Å². The summed E-state index contributed by atoms with van der Waals surface area (Å²) >= 11 is 0. The summed E-state index contributed by atoms with van der Waals surface area (Å²) < 4.78 is 5.66. The zero-order valence-electron chi connectivity index (χ0n) is 21.2. The lowest BCUT2D eigenvalue weighted by molar-refractivity contribution is -0.138. The van der Waals surface area contributed by atoms with Gasteiger partial charge in [-0.05, 0) is 56.4 Å². The molecule has 2 aromatic carbocycles. The summed E-state index contributed by atoms with van der Waals surface area (Å²) in [5, 5.41) is 14.9. The second-order valence-corrected chi connectivity index (χ2v) is 10.3. The molecule has 0 spiro atoms. The molecule has 35 heavy (non-hydrogen) atoms. The molecule has 0 aliphatic heterocycles. The molecule has 0 radical (unpaired) electrons. The predicted molar refractivity (Wildman–Crippen MR) is 135 cm³/mol. The van der Waals surface area contributed by atoms with E-state index < -0.39 is 29.1 Å². The molecule has 7 heteroatoms. The van der Waals surface area contributed by atoms with Crippen molar-refractivity contribution in [3.05, 3.63) is 59.7 Å². The van der Waals surface area contributed by atoms with E-state index in [0.29, 0.717) is 6.42 Å². The van der Waals surface area contributed by atoms with E-state index in [2.05, 4.69) is 34.9 Å². The first kappa shape index (κ1) is 26.3. The molecule has 0 heterocycles. The highest BCUT2D eigenvalue weighted by Gasteiger charge is 2.45. The van der Waals surface area contributed by atoms with Crippen LogP contribution in [0.25, 0.3) is 11.1 Å². The van der Waals surface area contributed by atoms with E-state index in [9.17, 15) is 14.4 Å². The van der Waals surface area contributed by atoms with Crippen LogP contribution in [0.3, 0.4) is 0 Å². The van der Waals surface area contributed by atoms with E-state index >= 15 is 0 Å². The Kier molecular flexibility index (Phi) is 7.88. The molecule has 1 atom stereocenters. The fraction of sp³-hybridized carbons (Fsp3) is 0.464. The second-order valence-electron chi connectivity index (χ2n) is 10.3. The molecule has 7 nitrogen and oxygen atoms in total. The fourth-order valence-corrected chi connectivity index (χ4v) is 4.48. The molecule has 3 rings (SSSR count). The van der Waals surface area contributed by atoms with Crippen LogP contribution in [0.2, 0.25) is 0 Å². The number of alkyl carbamates (subject to hydrolysis) is 1. The third kappa shape index (κ3) is 5.66. The summed E-state index contributed by atoms with van der Waals surface area (Å²) in [5.41, 5.74) is 2.57. The minimum Gasteiger partial charge on any atom is -0.481 e. The van der Waals surface area contributed by atoms with E-state index in [4.69, 9.17) is 9.84 Å². The number of aliphatic carboxylic acids is 1. The summed E-state index contributed by atoms with van der Waals surface area (Å²) in [5.74, 6) is -1.34. The van der Waals surface area contributed by atoms with Crippen LogP contribution in [-0.2, 0) is 14.3 Å². The van der Waals surface area contributed by atoms with E-state index in [0.717, 1.165) is 28.7 Å². The molecule has 0 unspecified atom stereocenters. The monoisotopic (exact) mass is 480 g/mol. The van der Waals surface area contributed by atoms with Gasteiger partial charge in [0.15, 0.2) is 0 Å². The summed E-state index contributed by atoms with van der Waals surface area (Å²) in [4.78, 5) is 37.1. The SMILES string of the molecule is CCC[C@@H](CC(=O)O)NC(=O)C(C)(C)C(C)(C)NC(=O)OCC1c2ccccc2-c2ccccc21. The normalized spacial score (nSPS) is 14.0. The number of hydrogen-bond donors (Lipinski definition) is 3. The number of fused-ring (bicyclic) bond motifs is 3. The highest BCUT2D eigenvalue weighted by molar-refractivity contribution is 5.85. The Bertz CT molecular complexity index is 1050. The molecular weight excluding hydrogens is 444 g/mol. The van der Waals surface area contributed by atoms with Crippen molar-refractivity contribution in [2.75, 3.05) is 6.61 Å². The number of carbonyl (C=O) groups excluding carboxylic acids is 2. The Morgan fingerprint density at radius 2 is 1.51 bits per heavy atom. The lowest BCUT2D eigenvalue weighted by Gasteiger charge is -2.41.